The molecule has 162 valence electrons. The molecule has 0 saturated heterocycles. The second kappa shape index (κ2) is 9.57. The highest BCUT2D eigenvalue weighted by Gasteiger charge is 2.15. The molecule has 0 saturated carbocycles. The van der Waals surface area contributed by atoms with Gasteiger partial charge in [-0.2, -0.15) is 0 Å². The Hall–Kier alpha value is -3.78. The Labute approximate surface area is 189 Å². The van der Waals surface area contributed by atoms with E-state index in [1.165, 1.54) is 16.3 Å². The van der Waals surface area contributed by atoms with Crippen molar-refractivity contribution < 1.29 is 14.3 Å². The third kappa shape index (κ3) is 4.60. The first-order valence-corrected chi connectivity index (χ1v) is 10.8. The minimum Gasteiger partial charge on any atom is -0.497 e. The van der Waals surface area contributed by atoms with Crippen molar-refractivity contribution in [2.45, 2.75) is 5.16 Å². The van der Waals surface area contributed by atoms with Crippen molar-refractivity contribution in [3.05, 3.63) is 83.2 Å². The van der Waals surface area contributed by atoms with Gasteiger partial charge in [-0.25, -0.2) is 4.98 Å². The van der Waals surface area contributed by atoms with Crippen LogP contribution in [0.2, 0.25) is 0 Å². The molecule has 3 aromatic carbocycles. The molecule has 0 aliphatic heterocycles. The van der Waals surface area contributed by atoms with Gasteiger partial charge < -0.3 is 14.8 Å². The Balaban J connectivity index is 1.64. The maximum atomic E-state index is 13.3. The first-order valence-electron chi connectivity index (χ1n) is 9.82. The lowest BCUT2D eigenvalue weighted by molar-refractivity contribution is -0.113. The molecule has 0 spiro atoms. The topological polar surface area (TPSA) is 82.4 Å². The number of nitrogens with zero attached hydrogens (tertiary/aromatic N) is 2. The standard InChI is InChI=1S/C24H21N3O4S/c1-30-18-12-10-17(11-13-18)27-23(29)20-8-3-4-9-21(20)26-24(27)32-15-22(28)25-16-6-5-7-19(14-16)31-2/h3-14H,15H2,1-2H3,(H,25,28). The molecule has 7 nitrogen and oxygen atoms in total. The number of aromatic nitrogens is 2. The lowest BCUT2D eigenvalue weighted by Gasteiger charge is -2.14. The van der Waals surface area contributed by atoms with Gasteiger partial charge in [0.2, 0.25) is 5.91 Å². The fraction of sp³-hybridized carbons (Fsp3) is 0.125. The minimum absolute atomic E-state index is 0.0815. The van der Waals surface area contributed by atoms with Gasteiger partial charge in [-0.3, -0.25) is 14.2 Å². The number of methoxy groups -OCH3 is 2. The summed E-state index contributed by atoms with van der Waals surface area (Å²) in [6.07, 6.45) is 0. The molecular weight excluding hydrogens is 426 g/mol. The van der Waals surface area contributed by atoms with Gasteiger partial charge in [0.25, 0.3) is 5.56 Å². The second-order valence-corrected chi connectivity index (χ2v) is 7.76. The largest absolute Gasteiger partial charge is 0.497 e. The van der Waals surface area contributed by atoms with Crippen molar-refractivity contribution in [3.8, 4) is 17.2 Å². The molecule has 8 heteroatoms. The van der Waals surface area contributed by atoms with Crippen LogP contribution < -0.4 is 20.3 Å². The molecule has 1 N–H and O–H groups in total. The maximum Gasteiger partial charge on any atom is 0.266 e. The number of para-hydroxylation sites is 1. The van der Waals surface area contributed by atoms with E-state index < -0.39 is 0 Å². The SMILES string of the molecule is COc1ccc(-n2c(SCC(=O)Nc3cccc(OC)c3)nc3ccccc3c2=O)cc1. The number of thioether (sulfide) groups is 1. The number of rotatable bonds is 7. The van der Waals surface area contributed by atoms with Crippen molar-refractivity contribution in [1.82, 2.24) is 9.55 Å². The minimum atomic E-state index is -0.216. The number of fused-ring (bicyclic) bond motifs is 1. The molecular formula is C24H21N3O4S. The van der Waals surface area contributed by atoms with E-state index >= 15 is 0 Å². The van der Waals surface area contributed by atoms with E-state index in [4.69, 9.17) is 9.47 Å². The summed E-state index contributed by atoms with van der Waals surface area (Å²) in [5, 5.41) is 3.78. The zero-order valence-corrected chi connectivity index (χ0v) is 18.4. The Morgan fingerprint density at radius 1 is 0.969 bits per heavy atom. The van der Waals surface area contributed by atoms with Gasteiger partial charge in [0.1, 0.15) is 11.5 Å². The van der Waals surface area contributed by atoms with Crippen LogP contribution in [0.15, 0.2) is 82.7 Å². The normalized spacial score (nSPS) is 10.7. The Morgan fingerprint density at radius 3 is 2.47 bits per heavy atom. The second-order valence-electron chi connectivity index (χ2n) is 6.82. The average Bonchev–Trinajstić information content (AvgIpc) is 2.83. The molecule has 4 aromatic rings. The Kier molecular flexibility index (Phi) is 6.42. The highest BCUT2D eigenvalue weighted by Crippen LogP contribution is 2.23. The van der Waals surface area contributed by atoms with Crippen molar-refractivity contribution in [2.75, 3.05) is 25.3 Å². The zero-order chi connectivity index (χ0) is 22.5. The van der Waals surface area contributed by atoms with E-state index in [1.54, 1.807) is 80.9 Å². The first kappa shape index (κ1) is 21.5. The molecule has 0 aliphatic carbocycles. The van der Waals surface area contributed by atoms with Gasteiger partial charge in [-0.15, -0.1) is 0 Å². The highest BCUT2D eigenvalue weighted by atomic mass is 32.2. The van der Waals surface area contributed by atoms with Crippen LogP contribution in [-0.2, 0) is 4.79 Å². The number of ether oxygens (including phenoxy) is 2. The van der Waals surface area contributed by atoms with E-state index in [1.807, 2.05) is 6.07 Å². The van der Waals surface area contributed by atoms with Gasteiger partial charge in [-0.1, -0.05) is 30.0 Å². The fourth-order valence-corrected chi connectivity index (χ4v) is 4.01. The highest BCUT2D eigenvalue weighted by molar-refractivity contribution is 7.99. The van der Waals surface area contributed by atoms with Crippen LogP contribution in [0.25, 0.3) is 16.6 Å². The molecule has 0 aliphatic rings. The quantitative estimate of drug-likeness (QED) is 0.339. The van der Waals surface area contributed by atoms with Crippen LogP contribution in [-0.4, -0.2) is 35.4 Å². The summed E-state index contributed by atoms with van der Waals surface area (Å²) >= 11 is 1.20. The molecule has 1 aromatic heterocycles. The van der Waals surface area contributed by atoms with Crippen LogP contribution in [0.4, 0.5) is 5.69 Å². The predicted octanol–water partition coefficient (Wildman–Crippen LogP) is 4.13. The number of nitrogens with one attached hydrogen (secondary N) is 1. The number of hydrogen-bond acceptors (Lipinski definition) is 6. The molecule has 0 unspecified atom stereocenters. The van der Waals surface area contributed by atoms with Gasteiger partial charge in [0, 0.05) is 11.8 Å². The van der Waals surface area contributed by atoms with E-state index in [-0.39, 0.29) is 17.2 Å². The van der Waals surface area contributed by atoms with Crippen LogP contribution in [0.3, 0.4) is 0 Å². The molecule has 0 bridgehead atoms. The van der Waals surface area contributed by atoms with Crippen molar-refractivity contribution in [1.29, 1.82) is 0 Å². The van der Waals surface area contributed by atoms with Gasteiger partial charge >= 0.3 is 0 Å². The van der Waals surface area contributed by atoms with Crippen molar-refractivity contribution in [2.24, 2.45) is 0 Å². The number of hydrogen-bond donors (Lipinski definition) is 1. The monoisotopic (exact) mass is 447 g/mol. The lowest BCUT2D eigenvalue weighted by Crippen LogP contribution is -2.23. The summed E-state index contributed by atoms with van der Waals surface area (Å²) in [7, 11) is 3.15. The van der Waals surface area contributed by atoms with Crippen molar-refractivity contribution >= 4 is 34.3 Å². The van der Waals surface area contributed by atoms with Crippen molar-refractivity contribution in [3.63, 3.8) is 0 Å². The van der Waals surface area contributed by atoms with Crippen LogP contribution in [0.5, 0.6) is 11.5 Å². The molecule has 1 heterocycles. The molecule has 0 fully saturated rings. The fourth-order valence-electron chi connectivity index (χ4n) is 3.20. The summed E-state index contributed by atoms with van der Waals surface area (Å²) in [5.74, 6) is 1.20. The van der Waals surface area contributed by atoms with E-state index in [9.17, 15) is 9.59 Å². The predicted molar refractivity (Wildman–Crippen MR) is 126 cm³/mol. The summed E-state index contributed by atoms with van der Waals surface area (Å²) in [5.41, 5.74) is 1.66. The number of amides is 1. The van der Waals surface area contributed by atoms with E-state index in [0.717, 1.165) is 0 Å². The first-order chi connectivity index (χ1) is 15.6. The summed E-state index contributed by atoms with van der Waals surface area (Å²) < 4.78 is 11.9. The van der Waals surface area contributed by atoms with E-state index in [2.05, 4.69) is 10.3 Å². The van der Waals surface area contributed by atoms with Gasteiger partial charge in [-0.05, 0) is 48.5 Å². The van der Waals surface area contributed by atoms with E-state index in [0.29, 0.717) is 38.9 Å². The molecule has 0 atom stereocenters. The third-order valence-electron chi connectivity index (χ3n) is 4.76. The average molecular weight is 448 g/mol. The summed E-state index contributed by atoms with van der Waals surface area (Å²) in [4.78, 5) is 30.5. The number of carbonyl (C=O) groups excluding carboxylic acids is 1. The number of anilines is 1. The zero-order valence-electron chi connectivity index (χ0n) is 17.6. The Bertz CT molecular complexity index is 1320. The van der Waals surface area contributed by atoms with Gasteiger partial charge in [0.05, 0.1) is 36.6 Å². The molecule has 1 amide bonds. The number of benzene rings is 3. The lowest BCUT2D eigenvalue weighted by atomic mass is 10.2. The maximum absolute atomic E-state index is 13.3. The molecule has 4 rings (SSSR count). The smallest absolute Gasteiger partial charge is 0.266 e. The molecule has 32 heavy (non-hydrogen) atoms. The summed E-state index contributed by atoms with van der Waals surface area (Å²) in [6.45, 7) is 0. The summed E-state index contributed by atoms with van der Waals surface area (Å²) in [6, 6.07) is 21.4. The van der Waals surface area contributed by atoms with Gasteiger partial charge in [0.15, 0.2) is 5.16 Å². The van der Waals surface area contributed by atoms with Crippen LogP contribution in [0, 0.1) is 0 Å². The van der Waals surface area contributed by atoms with Crippen LogP contribution >= 0.6 is 11.8 Å². The van der Waals surface area contributed by atoms with Crippen LogP contribution in [0.1, 0.15) is 0 Å². The third-order valence-corrected chi connectivity index (χ3v) is 5.70. The molecule has 0 radical (unpaired) electrons. The Morgan fingerprint density at radius 2 is 1.72 bits per heavy atom. The number of carbonyl (C=O) groups is 1.